The van der Waals surface area contributed by atoms with Crippen LogP contribution < -0.4 is 9.47 Å². The van der Waals surface area contributed by atoms with Gasteiger partial charge in [0.2, 0.25) is 12.7 Å². The molecule has 0 saturated carbocycles. The average molecular weight is 319 g/mol. The van der Waals surface area contributed by atoms with E-state index in [4.69, 9.17) is 9.47 Å². The van der Waals surface area contributed by atoms with Crippen molar-refractivity contribution < 1.29 is 24.2 Å². The zero-order valence-corrected chi connectivity index (χ0v) is 13.2. The first-order valence-electron chi connectivity index (χ1n) is 7.94. The van der Waals surface area contributed by atoms with Crippen molar-refractivity contribution in [1.82, 2.24) is 4.90 Å². The van der Waals surface area contributed by atoms with Crippen molar-refractivity contribution in [3.63, 3.8) is 0 Å². The molecule has 0 aliphatic carbocycles. The van der Waals surface area contributed by atoms with Crippen LogP contribution >= 0.6 is 0 Å². The first-order chi connectivity index (χ1) is 11.0. The van der Waals surface area contributed by atoms with E-state index in [0.29, 0.717) is 36.1 Å². The van der Waals surface area contributed by atoms with Gasteiger partial charge in [-0.15, -0.1) is 0 Å². The van der Waals surface area contributed by atoms with Crippen molar-refractivity contribution in [2.24, 2.45) is 5.92 Å². The van der Waals surface area contributed by atoms with Crippen molar-refractivity contribution in [2.45, 2.75) is 32.1 Å². The molecule has 0 aromatic heterocycles. The summed E-state index contributed by atoms with van der Waals surface area (Å²) < 4.78 is 10.5. The summed E-state index contributed by atoms with van der Waals surface area (Å²) in [6, 6.07) is 5.05. The SMILES string of the molecule is CC1CCN(C(=O)CC(C(=O)O)c2ccc3c(c2)OCO3)CC1. The maximum Gasteiger partial charge on any atom is 0.311 e. The van der Waals surface area contributed by atoms with Crippen molar-refractivity contribution in [3.05, 3.63) is 23.8 Å². The molecule has 1 amide bonds. The predicted molar refractivity (Wildman–Crippen MR) is 82.5 cm³/mol. The number of hydrogen-bond acceptors (Lipinski definition) is 4. The molecular formula is C17H21NO5. The number of carboxylic acids is 1. The summed E-state index contributed by atoms with van der Waals surface area (Å²) >= 11 is 0. The van der Waals surface area contributed by atoms with Gasteiger partial charge in [0.15, 0.2) is 11.5 Å². The van der Waals surface area contributed by atoms with E-state index in [2.05, 4.69) is 6.92 Å². The van der Waals surface area contributed by atoms with Crippen molar-refractivity contribution in [1.29, 1.82) is 0 Å². The first-order valence-corrected chi connectivity index (χ1v) is 7.94. The number of nitrogens with zero attached hydrogens (tertiary/aromatic N) is 1. The fourth-order valence-electron chi connectivity index (χ4n) is 3.04. The molecule has 23 heavy (non-hydrogen) atoms. The first kappa shape index (κ1) is 15.6. The zero-order valence-electron chi connectivity index (χ0n) is 13.2. The number of carbonyl (C=O) groups is 2. The lowest BCUT2D eigenvalue weighted by Gasteiger charge is -2.31. The monoisotopic (exact) mass is 319 g/mol. The summed E-state index contributed by atoms with van der Waals surface area (Å²) in [5.74, 6) is -0.189. The van der Waals surface area contributed by atoms with Crippen LogP contribution in [0.4, 0.5) is 0 Å². The van der Waals surface area contributed by atoms with Crippen molar-refractivity contribution >= 4 is 11.9 Å². The molecule has 1 atom stereocenters. The Balaban J connectivity index is 1.72. The van der Waals surface area contributed by atoms with Gasteiger partial charge < -0.3 is 19.5 Å². The quantitative estimate of drug-likeness (QED) is 0.921. The lowest BCUT2D eigenvalue weighted by atomic mass is 9.93. The molecule has 1 aromatic carbocycles. The minimum absolute atomic E-state index is 0.0244. The molecule has 1 N–H and O–H groups in total. The van der Waals surface area contributed by atoms with Gasteiger partial charge in [0, 0.05) is 19.5 Å². The van der Waals surface area contributed by atoms with Gasteiger partial charge in [-0.2, -0.15) is 0 Å². The third-order valence-corrected chi connectivity index (χ3v) is 4.61. The highest BCUT2D eigenvalue weighted by molar-refractivity contribution is 5.86. The number of aliphatic carboxylic acids is 1. The molecule has 6 nitrogen and oxygen atoms in total. The number of ether oxygens (including phenoxy) is 2. The van der Waals surface area contributed by atoms with Gasteiger partial charge in [0.25, 0.3) is 0 Å². The third-order valence-electron chi connectivity index (χ3n) is 4.61. The van der Waals surface area contributed by atoms with Crippen LogP contribution in [0, 0.1) is 5.92 Å². The number of carboxylic acid groups (broad SMARTS) is 1. The summed E-state index contributed by atoms with van der Waals surface area (Å²) in [5, 5.41) is 9.52. The number of amides is 1. The summed E-state index contributed by atoms with van der Waals surface area (Å²) in [6.45, 7) is 3.75. The Labute approximate surface area is 135 Å². The number of piperidine rings is 1. The smallest absolute Gasteiger partial charge is 0.311 e. The number of benzene rings is 1. The van der Waals surface area contributed by atoms with Crippen LogP contribution in [0.1, 0.15) is 37.7 Å². The Hall–Kier alpha value is -2.24. The van der Waals surface area contributed by atoms with E-state index >= 15 is 0 Å². The van der Waals surface area contributed by atoms with Crippen LogP contribution in [0.25, 0.3) is 0 Å². The molecule has 0 bridgehead atoms. The Kier molecular flexibility index (Phi) is 4.41. The predicted octanol–water partition coefficient (Wildman–Crippen LogP) is 2.23. The maximum atomic E-state index is 12.4. The number of hydrogen-bond donors (Lipinski definition) is 1. The molecule has 1 fully saturated rings. The normalized spacial score (nSPS) is 18.7. The molecule has 2 aliphatic heterocycles. The highest BCUT2D eigenvalue weighted by Crippen LogP contribution is 2.35. The summed E-state index contributed by atoms with van der Waals surface area (Å²) in [7, 11) is 0. The number of carbonyl (C=O) groups excluding carboxylic acids is 1. The molecular weight excluding hydrogens is 298 g/mol. The highest BCUT2D eigenvalue weighted by atomic mass is 16.7. The molecule has 1 aromatic rings. The van der Waals surface area contributed by atoms with E-state index in [1.54, 1.807) is 23.1 Å². The molecule has 0 spiro atoms. The number of rotatable bonds is 4. The van der Waals surface area contributed by atoms with E-state index in [1.165, 1.54) is 0 Å². The number of fused-ring (bicyclic) bond motifs is 1. The van der Waals surface area contributed by atoms with Crippen LogP contribution in [0.15, 0.2) is 18.2 Å². The van der Waals surface area contributed by atoms with Crippen LogP contribution in [0.3, 0.4) is 0 Å². The maximum absolute atomic E-state index is 12.4. The fourth-order valence-corrected chi connectivity index (χ4v) is 3.04. The largest absolute Gasteiger partial charge is 0.481 e. The lowest BCUT2D eigenvalue weighted by molar-refractivity contribution is -0.143. The Bertz CT molecular complexity index is 607. The zero-order chi connectivity index (χ0) is 16.4. The van der Waals surface area contributed by atoms with Gasteiger partial charge in [-0.25, -0.2) is 0 Å². The second-order valence-electron chi connectivity index (χ2n) is 6.27. The van der Waals surface area contributed by atoms with Crippen molar-refractivity contribution in [2.75, 3.05) is 19.9 Å². The third kappa shape index (κ3) is 3.41. The van der Waals surface area contributed by atoms with E-state index in [9.17, 15) is 14.7 Å². The van der Waals surface area contributed by atoms with Gasteiger partial charge in [0.1, 0.15) is 0 Å². The van der Waals surface area contributed by atoms with E-state index in [-0.39, 0.29) is 19.1 Å². The van der Waals surface area contributed by atoms with E-state index in [0.717, 1.165) is 12.8 Å². The van der Waals surface area contributed by atoms with Crippen molar-refractivity contribution in [3.8, 4) is 11.5 Å². The number of likely N-dealkylation sites (tertiary alicyclic amines) is 1. The molecule has 1 saturated heterocycles. The van der Waals surface area contributed by atoms with Crippen LogP contribution in [0.2, 0.25) is 0 Å². The molecule has 6 heteroatoms. The molecule has 2 heterocycles. The molecule has 124 valence electrons. The lowest BCUT2D eigenvalue weighted by Crippen LogP contribution is -2.39. The second kappa shape index (κ2) is 6.48. The summed E-state index contributed by atoms with van der Waals surface area (Å²) in [4.78, 5) is 25.8. The summed E-state index contributed by atoms with van der Waals surface area (Å²) in [5.41, 5.74) is 0.570. The minimum Gasteiger partial charge on any atom is -0.481 e. The molecule has 0 radical (unpaired) electrons. The van der Waals surface area contributed by atoms with Gasteiger partial charge >= 0.3 is 5.97 Å². The standard InChI is InChI=1S/C17H21NO5/c1-11-4-6-18(7-5-11)16(19)9-13(17(20)21)12-2-3-14-15(8-12)23-10-22-14/h2-3,8,11,13H,4-7,9-10H2,1H3,(H,20,21). The van der Waals surface area contributed by atoms with Gasteiger partial charge in [-0.3, -0.25) is 9.59 Å². The fraction of sp³-hybridized carbons (Fsp3) is 0.529. The van der Waals surface area contributed by atoms with Crippen LogP contribution in [-0.4, -0.2) is 41.8 Å². The minimum atomic E-state index is -0.998. The Morgan fingerprint density at radius 3 is 2.65 bits per heavy atom. The molecule has 2 aliphatic rings. The summed E-state index contributed by atoms with van der Waals surface area (Å²) in [6.07, 6.45) is 1.93. The average Bonchev–Trinajstić information content (AvgIpc) is 3.00. The topological polar surface area (TPSA) is 76.1 Å². The molecule has 3 rings (SSSR count). The highest BCUT2D eigenvalue weighted by Gasteiger charge is 2.29. The Morgan fingerprint density at radius 2 is 1.96 bits per heavy atom. The second-order valence-corrected chi connectivity index (χ2v) is 6.27. The van der Waals surface area contributed by atoms with Gasteiger partial charge in [0.05, 0.1) is 5.92 Å². The van der Waals surface area contributed by atoms with Gasteiger partial charge in [-0.05, 0) is 36.5 Å². The van der Waals surface area contributed by atoms with E-state index < -0.39 is 11.9 Å². The van der Waals surface area contributed by atoms with Crippen LogP contribution in [0.5, 0.6) is 11.5 Å². The van der Waals surface area contributed by atoms with Crippen LogP contribution in [-0.2, 0) is 9.59 Å². The van der Waals surface area contributed by atoms with Gasteiger partial charge in [-0.1, -0.05) is 13.0 Å². The van der Waals surface area contributed by atoms with E-state index in [1.807, 2.05) is 0 Å². The molecule has 1 unspecified atom stereocenters. The Morgan fingerprint density at radius 1 is 1.26 bits per heavy atom.